The third-order valence-corrected chi connectivity index (χ3v) is 3.53. The number of carbonyl (C=O) groups excluding carboxylic acids is 1. The van der Waals surface area contributed by atoms with Gasteiger partial charge in [0.1, 0.15) is 0 Å². The zero-order chi connectivity index (χ0) is 13.3. The molecule has 1 aliphatic rings. The van der Waals surface area contributed by atoms with Gasteiger partial charge in [0, 0.05) is 23.1 Å². The number of hydrogen-bond acceptors (Lipinski definition) is 2. The van der Waals surface area contributed by atoms with E-state index >= 15 is 0 Å². The van der Waals surface area contributed by atoms with E-state index in [0.717, 1.165) is 0 Å². The summed E-state index contributed by atoms with van der Waals surface area (Å²) < 4.78 is 0. The normalized spacial score (nSPS) is 15.3. The van der Waals surface area contributed by atoms with Crippen LogP contribution in [0.1, 0.15) is 5.56 Å². The van der Waals surface area contributed by atoms with E-state index in [1.54, 1.807) is 18.2 Å². The number of carboxylic acid groups (broad SMARTS) is 1. The van der Waals surface area contributed by atoms with Crippen molar-refractivity contribution in [3.63, 3.8) is 0 Å². The molecule has 6 heteroatoms. The fourth-order valence-corrected chi connectivity index (χ4v) is 2.25. The maximum absolute atomic E-state index is 11.8. The van der Waals surface area contributed by atoms with Crippen LogP contribution in [0, 0.1) is 5.92 Å². The highest BCUT2D eigenvalue weighted by Crippen LogP contribution is 2.23. The van der Waals surface area contributed by atoms with Gasteiger partial charge in [-0.25, -0.2) is 0 Å². The van der Waals surface area contributed by atoms with E-state index in [1.165, 1.54) is 4.90 Å². The van der Waals surface area contributed by atoms with Gasteiger partial charge in [0.25, 0.3) is 0 Å². The lowest BCUT2D eigenvalue weighted by Crippen LogP contribution is -2.53. The molecule has 1 amide bonds. The maximum atomic E-state index is 11.8. The third-order valence-electron chi connectivity index (χ3n) is 2.94. The number of benzene rings is 1. The lowest BCUT2D eigenvalue weighted by atomic mass is 9.99. The van der Waals surface area contributed by atoms with Gasteiger partial charge in [-0.3, -0.25) is 9.59 Å². The van der Waals surface area contributed by atoms with E-state index in [1.807, 2.05) is 0 Å². The van der Waals surface area contributed by atoms with Crippen LogP contribution >= 0.6 is 23.2 Å². The van der Waals surface area contributed by atoms with Gasteiger partial charge < -0.3 is 10.0 Å². The molecule has 0 saturated carbocycles. The van der Waals surface area contributed by atoms with Crippen molar-refractivity contribution in [3.8, 4) is 0 Å². The fourth-order valence-electron chi connectivity index (χ4n) is 1.78. The molecule has 1 heterocycles. The van der Waals surface area contributed by atoms with Gasteiger partial charge in [-0.2, -0.15) is 0 Å². The SMILES string of the molecule is O=C(O)C1CN(C(=O)Cc2ccc(Cl)cc2Cl)C1. The van der Waals surface area contributed by atoms with Crippen LogP contribution in [0.2, 0.25) is 10.0 Å². The van der Waals surface area contributed by atoms with Crippen LogP contribution in [0.5, 0.6) is 0 Å². The monoisotopic (exact) mass is 287 g/mol. The van der Waals surface area contributed by atoms with Crippen molar-refractivity contribution in [2.45, 2.75) is 6.42 Å². The Hall–Kier alpha value is -1.26. The maximum Gasteiger partial charge on any atom is 0.310 e. The van der Waals surface area contributed by atoms with Crippen molar-refractivity contribution in [3.05, 3.63) is 33.8 Å². The van der Waals surface area contributed by atoms with Gasteiger partial charge in [0.15, 0.2) is 0 Å². The lowest BCUT2D eigenvalue weighted by molar-refractivity contribution is -0.152. The molecule has 0 atom stereocenters. The van der Waals surface area contributed by atoms with Crippen molar-refractivity contribution < 1.29 is 14.7 Å². The van der Waals surface area contributed by atoms with Crippen LogP contribution in [0.25, 0.3) is 0 Å². The van der Waals surface area contributed by atoms with E-state index in [0.29, 0.717) is 15.6 Å². The molecule has 4 nitrogen and oxygen atoms in total. The summed E-state index contributed by atoms with van der Waals surface area (Å²) in [7, 11) is 0. The summed E-state index contributed by atoms with van der Waals surface area (Å²) in [5.41, 5.74) is 0.699. The van der Waals surface area contributed by atoms with Crippen molar-refractivity contribution in [2.75, 3.05) is 13.1 Å². The molecule has 0 spiro atoms. The predicted octanol–water partition coefficient (Wildman–Crippen LogP) is 2.08. The van der Waals surface area contributed by atoms with Gasteiger partial charge in [-0.15, -0.1) is 0 Å². The number of carbonyl (C=O) groups is 2. The Balaban J connectivity index is 1.94. The van der Waals surface area contributed by atoms with Crippen LogP contribution in [0.3, 0.4) is 0 Å². The molecule has 18 heavy (non-hydrogen) atoms. The summed E-state index contributed by atoms with van der Waals surface area (Å²) >= 11 is 11.7. The molecule has 0 bridgehead atoms. The number of amides is 1. The summed E-state index contributed by atoms with van der Waals surface area (Å²) in [6, 6.07) is 4.96. The average Bonchev–Trinajstić information content (AvgIpc) is 2.19. The van der Waals surface area contributed by atoms with Crippen molar-refractivity contribution in [1.82, 2.24) is 4.90 Å². The van der Waals surface area contributed by atoms with Crippen LogP contribution in [0.15, 0.2) is 18.2 Å². The molecule has 2 rings (SSSR count). The number of likely N-dealkylation sites (tertiary alicyclic amines) is 1. The van der Waals surface area contributed by atoms with E-state index in [2.05, 4.69) is 0 Å². The number of carboxylic acids is 1. The molecule has 1 aromatic rings. The topological polar surface area (TPSA) is 57.6 Å². The highest BCUT2D eigenvalue weighted by Gasteiger charge is 2.35. The van der Waals surface area contributed by atoms with Gasteiger partial charge in [-0.05, 0) is 17.7 Å². The van der Waals surface area contributed by atoms with E-state index in [-0.39, 0.29) is 25.4 Å². The molecule has 1 aliphatic heterocycles. The number of aliphatic carboxylic acids is 1. The van der Waals surface area contributed by atoms with Crippen LogP contribution in [0.4, 0.5) is 0 Å². The highest BCUT2D eigenvalue weighted by molar-refractivity contribution is 6.35. The minimum absolute atomic E-state index is 0.114. The molecule has 96 valence electrons. The molecule has 1 saturated heterocycles. The average molecular weight is 288 g/mol. The van der Waals surface area contributed by atoms with Crippen molar-refractivity contribution in [2.24, 2.45) is 5.92 Å². The Morgan fingerprint density at radius 2 is 2.00 bits per heavy atom. The summed E-state index contributed by atoms with van der Waals surface area (Å²) in [6.07, 6.45) is 0.169. The second-order valence-electron chi connectivity index (χ2n) is 4.25. The smallest absolute Gasteiger partial charge is 0.310 e. The molecular weight excluding hydrogens is 277 g/mol. The number of nitrogens with zero attached hydrogens (tertiary/aromatic N) is 1. The van der Waals surface area contributed by atoms with E-state index < -0.39 is 11.9 Å². The molecule has 1 aromatic carbocycles. The Morgan fingerprint density at radius 3 is 2.56 bits per heavy atom. The standard InChI is InChI=1S/C12H11Cl2NO3/c13-9-2-1-7(10(14)4-9)3-11(16)15-5-8(6-15)12(17)18/h1-2,4,8H,3,5-6H2,(H,17,18). The molecule has 0 aliphatic carbocycles. The molecule has 1 N–H and O–H groups in total. The zero-order valence-corrected chi connectivity index (χ0v) is 10.9. The second-order valence-corrected chi connectivity index (χ2v) is 5.09. The Labute approximate surface area is 114 Å². The number of rotatable bonds is 3. The van der Waals surface area contributed by atoms with Gasteiger partial charge in [0.2, 0.25) is 5.91 Å². The summed E-state index contributed by atoms with van der Waals surface area (Å²) in [5.74, 6) is -1.41. The summed E-state index contributed by atoms with van der Waals surface area (Å²) in [4.78, 5) is 24.0. The van der Waals surface area contributed by atoms with Crippen molar-refractivity contribution in [1.29, 1.82) is 0 Å². The first-order valence-electron chi connectivity index (χ1n) is 5.42. The first kappa shape index (κ1) is 13.2. The van der Waals surface area contributed by atoms with Gasteiger partial charge >= 0.3 is 5.97 Å². The highest BCUT2D eigenvalue weighted by atomic mass is 35.5. The Bertz CT molecular complexity index is 498. The van der Waals surface area contributed by atoms with Crippen LogP contribution in [-0.2, 0) is 16.0 Å². The van der Waals surface area contributed by atoms with Gasteiger partial charge in [0.05, 0.1) is 12.3 Å². The van der Waals surface area contributed by atoms with Crippen LogP contribution in [-0.4, -0.2) is 35.0 Å². The predicted molar refractivity (Wildman–Crippen MR) is 67.9 cm³/mol. The Morgan fingerprint density at radius 1 is 1.33 bits per heavy atom. The van der Waals surface area contributed by atoms with E-state index in [4.69, 9.17) is 28.3 Å². The number of halogens is 2. The zero-order valence-electron chi connectivity index (χ0n) is 9.40. The quantitative estimate of drug-likeness (QED) is 0.926. The van der Waals surface area contributed by atoms with Crippen LogP contribution < -0.4 is 0 Å². The van der Waals surface area contributed by atoms with Gasteiger partial charge in [-0.1, -0.05) is 29.3 Å². The molecular formula is C12H11Cl2NO3. The van der Waals surface area contributed by atoms with E-state index in [9.17, 15) is 9.59 Å². The first-order chi connectivity index (χ1) is 8.47. The molecule has 0 radical (unpaired) electrons. The lowest BCUT2D eigenvalue weighted by Gasteiger charge is -2.36. The first-order valence-corrected chi connectivity index (χ1v) is 6.17. The fraction of sp³-hybridized carbons (Fsp3) is 0.333. The minimum Gasteiger partial charge on any atom is -0.481 e. The molecule has 0 aromatic heterocycles. The molecule has 1 fully saturated rings. The molecule has 0 unspecified atom stereocenters. The Kier molecular flexibility index (Phi) is 3.78. The minimum atomic E-state index is -0.858. The summed E-state index contributed by atoms with van der Waals surface area (Å²) in [6.45, 7) is 0.554. The summed E-state index contributed by atoms with van der Waals surface area (Å²) in [5, 5.41) is 9.69. The second kappa shape index (κ2) is 5.16. The number of hydrogen-bond donors (Lipinski definition) is 1. The largest absolute Gasteiger partial charge is 0.481 e. The third kappa shape index (κ3) is 2.76. The van der Waals surface area contributed by atoms with Crippen molar-refractivity contribution >= 4 is 35.1 Å².